The molecule has 37 heavy (non-hydrogen) atoms. The second-order valence-corrected chi connectivity index (χ2v) is 8.98. The third-order valence-corrected chi connectivity index (χ3v) is 6.49. The maximum atomic E-state index is 13.5. The summed E-state index contributed by atoms with van der Waals surface area (Å²) in [5.41, 5.74) is 9.26. The van der Waals surface area contributed by atoms with Gasteiger partial charge in [0.15, 0.2) is 0 Å². The third kappa shape index (κ3) is 5.03. The normalized spacial score (nSPS) is 13.3. The van der Waals surface area contributed by atoms with Gasteiger partial charge in [-0.3, -0.25) is 19.3 Å². The molecule has 188 valence electrons. The van der Waals surface area contributed by atoms with Crippen molar-refractivity contribution in [1.29, 1.82) is 0 Å². The molecule has 0 unspecified atom stereocenters. The van der Waals surface area contributed by atoms with Gasteiger partial charge in [-0.2, -0.15) is 4.79 Å². The smallest absolute Gasteiger partial charge is 0.442 e. The van der Waals surface area contributed by atoms with Gasteiger partial charge in [0, 0.05) is 30.7 Å². The SMILES string of the molecule is C=CCN(C(=O)Cc1cn(C)c2ccccc12)C(=O)C1(C(=O)C(=[N+]=[N-])C(=O)OCc2ccccc2)CC1. The molecule has 4 rings (SSSR count). The summed E-state index contributed by atoms with van der Waals surface area (Å²) in [6.07, 6.45) is 3.39. The molecule has 1 fully saturated rings. The summed E-state index contributed by atoms with van der Waals surface area (Å²) in [6, 6.07) is 16.4. The molecule has 2 aromatic carbocycles. The molecule has 1 aromatic heterocycles. The molecule has 1 saturated carbocycles. The first-order valence-corrected chi connectivity index (χ1v) is 11.8. The van der Waals surface area contributed by atoms with E-state index in [4.69, 9.17) is 4.74 Å². The van der Waals surface area contributed by atoms with E-state index in [0.29, 0.717) is 5.56 Å². The van der Waals surface area contributed by atoms with E-state index in [-0.39, 0.29) is 32.4 Å². The molecular formula is C28H26N4O5. The van der Waals surface area contributed by atoms with E-state index >= 15 is 0 Å². The Kier molecular flexibility index (Phi) is 7.27. The highest BCUT2D eigenvalue weighted by Crippen LogP contribution is 2.48. The first-order valence-electron chi connectivity index (χ1n) is 11.8. The van der Waals surface area contributed by atoms with E-state index in [1.807, 2.05) is 42.1 Å². The number of hydrogen-bond acceptors (Lipinski definition) is 5. The second-order valence-electron chi connectivity index (χ2n) is 8.98. The van der Waals surface area contributed by atoms with Gasteiger partial charge < -0.3 is 14.8 Å². The molecule has 0 N–H and O–H groups in total. The average molecular weight is 499 g/mol. The van der Waals surface area contributed by atoms with Crippen molar-refractivity contribution in [2.45, 2.75) is 25.9 Å². The highest BCUT2D eigenvalue weighted by molar-refractivity contribution is 6.65. The van der Waals surface area contributed by atoms with Crippen LogP contribution < -0.4 is 0 Å². The number of esters is 1. The highest BCUT2D eigenvalue weighted by atomic mass is 16.5. The molecular weight excluding hydrogens is 472 g/mol. The zero-order valence-corrected chi connectivity index (χ0v) is 20.4. The van der Waals surface area contributed by atoms with Crippen LogP contribution in [0.15, 0.2) is 73.4 Å². The molecule has 0 spiro atoms. The lowest BCUT2D eigenvalue weighted by Crippen LogP contribution is -2.48. The van der Waals surface area contributed by atoms with Crippen molar-refractivity contribution >= 4 is 40.2 Å². The Morgan fingerprint density at radius 3 is 2.43 bits per heavy atom. The van der Waals surface area contributed by atoms with Crippen molar-refractivity contribution < 1.29 is 28.7 Å². The number of fused-ring (bicyclic) bond motifs is 1. The fraction of sp³-hybridized carbons (Fsp3) is 0.250. The first-order chi connectivity index (χ1) is 17.8. The fourth-order valence-electron chi connectivity index (χ4n) is 4.37. The Morgan fingerprint density at radius 1 is 1.11 bits per heavy atom. The number of imide groups is 1. The van der Waals surface area contributed by atoms with Gasteiger partial charge in [0.25, 0.3) is 5.78 Å². The minimum atomic E-state index is -1.66. The predicted molar refractivity (Wildman–Crippen MR) is 135 cm³/mol. The maximum absolute atomic E-state index is 13.5. The molecule has 1 heterocycles. The summed E-state index contributed by atoms with van der Waals surface area (Å²) >= 11 is 0. The Balaban J connectivity index is 1.51. The zero-order chi connectivity index (χ0) is 26.6. The van der Waals surface area contributed by atoms with E-state index in [0.717, 1.165) is 21.4 Å². The van der Waals surface area contributed by atoms with Crippen LogP contribution in [0.5, 0.6) is 0 Å². The number of ether oxygens (including phenoxy) is 1. The molecule has 0 radical (unpaired) electrons. The monoisotopic (exact) mass is 498 g/mol. The lowest BCUT2D eigenvalue weighted by molar-refractivity contribution is -0.150. The summed E-state index contributed by atoms with van der Waals surface area (Å²) in [5, 5.41) is 0.887. The molecule has 2 amide bonds. The number of aromatic nitrogens is 1. The third-order valence-electron chi connectivity index (χ3n) is 6.49. The van der Waals surface area contributed by atoms with Gasteiger partial charge in [0.2, 0.25) is 11.8 Å². The Bertz CT molecular complexity index is 1450. The molecule has 0 atom stereocenters. The number of carbonyl (C=O) groups excluding carboxylic acids is 4. The van der Waals surface area contributed by atoms with Crippen LogP contribution in [0.4, 0.5) is 0 Å². The maximum Gasteiger partial charge on any atom is 0.442 e. The molecule has 1 aliphatic carbocycles. The Morgan fingerprint density at radius 2 is 1.78 bits per heavy atom. The second kappa shape index (κ2) is 10.6. The molecule has 1 aliphatic rings. The molecule has 3 aromatic rings. The summed E-state index contributed by atoms with van der Waals surface area (Å²) in [7, 11) is 1.87. The van der Waals surface area contributed by atoms with Crippen LogP contribution >= 0.6 is 0 Å². The van der Waals surface area contributed by atoms with Crippen LogP contribution in [0.2, 0.25) is 0 Å². The van der Waals surface area contributed by atoms with Gasteiger partial charge in [-0.25, -0.2) is 4.79 Å². The molecule has 0 aliphatic heterocycles. The van der Waals surface area contributed by atoms with Crippen LogP contribution in [0.1, 0.15) is 24.0 Å². The van der Waals surface area contributed by atoms with Gasteiger partial charge in [-0.05, 0) is 30.0 Å². The largest absolute Gasteiger partial charge is 0.452 e. The summed E-state index contributed by atoms with van der Waals surface area (Å²) < 4.78 is 7.02. The average Bonchev–Trinajstić information content (AvgIpc) is 3.67. The van der Waals surface area contributed by atoms with Crippen molar-refractivity contribution in [2.24, 2.45) is 12.5 Å². The molecule has 9 nitrogen and oxygen atoms in total. The van der Waals surface area contributed by atoms with Crippen LogP contribution in [-0.2, 0) is 44.0 Å². The number of aryl methyl sites for hydroxylation is 1. The van der Waals surface area contributed by atoms with Crippen LogP contribution in [0.25, 0.3) is 16.4 Å². The predicted octanol–water partition coefficient (Wildman–Crippen LogP) is 3.03. The summed E-state index contributed by atoms with van der Waals surface area (Å²) in [5.74, 6) is -3.37. The Labute approximate surface area is 213 Å². The quantitative estimate of drug-likeness (QED) is 0.106. The number of Topliss-reactive ketones (excluding diaryl/α,β-unsaturated/α-hetero) is 1. The van der Waals surface area contributed by atoms with Crippen LogP contribution in [0.3, 0.4) is 0 Å². The van der Waals surface area contributed by atoms with E-state index < -0.39 is 34.7 Å². The van der Waals surface area contributed by atoms with Crippen molar-refractivity contribution in [3.63, 3.8) is 0 Å². The highest BCUT2D eigenvalue weighted by Gasteiger charge is 2.63. The minimum Gasteiger partial charge on any atom is -0.452 e. The molecule has 0 bridgehead atoms. The van der Waals surface area contributed by atoms with Crippen molar-refractivity contribution in [3.05, 3.63) is 90.1 Å². The van der Waals surface area contributed by atoms with E-state index in [2.05, 4.69) is 11.4 Å². The first kappa shape index (κ1) is 25.5. The van der Waals surface area contributed by atoms with Gasteiger partial charge >= 0.3 is 11.7 Å². The standard InChI is InChI=1S/C28H26N4O5/c1-3-15-32(23(33)16-20-17-31(2)22-12-8-7-11-21(20)22)27(36)28(13-14-28)25(34)24(30-29)26(35)37-18-19-9-5-4-6-10-19/h3-12,17H,1,13-16,18H2,2H3. The number of para-hydroxylation sites is 1. The minimum absolute atomic E-state index is 0.0642. The number of carbonyl (C=O) groups is 4. The van der Waals surface area contributed by atoms with Gasteiger partial charge in [0.1, 0.15) is 12.0 Å². The van der Waals surface area contributed by atoms with Crippen LogP contribution in [0, 0.1) is 5.41 Å². The fourth-order valence-corrected chi connectivity index (χ4v) is 4.37. The number of nitrogens with zero attached hydrogens (tertiary/aromatic N) is 4. The lowest BCUT2D eigenvalue weighted by atomic mass is 9.94. The van der Waals surface area contributed by atoms with E-state index in [1.165, 1.54) is 6.08 Å². The number of ketones is 1. The number of benzene rings is 2. The Hall–Kier alpha value is -4.62. The molecule has 0 saturated heterocycles. The van der Waals surface area contributed by atoms with Crippen molar-refractivity contribution in [2.75, 3.05) is 6.54 Å². The number of hydrogen-bond donors (Lipinski definition) is 0. The van der Waals surface area contributed by atoms with Crippen molar-refractivity contribution in [3.8, 4) is 0 Å². The van der Waals surface area contributed by atoms with Crippen LogP contribution in [-0.4, -0.2) is 50.1 Å². The number of amides is 2. The summed E-state index contributed by atoms with van der Waals surface area (Å²) in [4.78, 5) is 56.4. The zero-order valence-electron chi connectivity index (χ0n) is 20.4. The van der Waals surface area contributed by atoms with E-state index in [9.17, 15) is 24.7 Å². The van der Waals surface area contributed by atoms with Crippen molar-refractivity contribution in [1.82, 2.24) is 9.47 Å². The topological polar surface area (TPSA) is 122 Å². The lowest BCUT2D eigenvalue weighted by Gasteiger charge is -2.23. The van der Waals surface area contributed by atoms with Gasteiger partial charge in [-0.15, -0.1) is 6.58 Å². The van der Waals surface area contributed by atoms with Gasteiger partial charge in [0.05, 0.1) is 6.42 Å². The van der Waals surface area contributed by atoms with Gasteiger partial charge in [-0.1, -0.05) is 54.6 Å². The number of rotatable bonds is 10. The van der Waals surface area contributed by atoms with E-state index in [1.54, 1.807) is 30.3 Å². The summed E-state index contributed by atoms with van der Waals surface area (Å²) in [6.45, 7) is 3.38. The molecule has 9 heteroatoms.